The number of carbonyl (C=O) groups is 1. The summed E-state index contributed by atoms with van der Waals surface area (Å²) in [6, 6.07) is 5.39. The third-order valence-corrected chi connectivity index (χ3v) is 2.70. The van der Waals surface area contributed by atoms with Crippen molar-refractivity contribution in [3.05, 3.63) is 23.8 Å². The van der Waals surface area contributed by atoms with Gasteiger partial charge in [0.1, 0.15) is 13.2 Å². The third-order valence-electron chi connectivity index (χ3n) is 2.70. The molecule has 1 atom stereocenters. The topological polar surface area (TPSA) is 73.6 Å². The molecular formula is C13H19ClN2O3. The van der Waals surface area contributed by atoms with Crippen molar-refractivity contribution in [1.82, 2.24) is 5.32 Å². The van der Waals surface area contributed by atoms with Crippen LogP contribution in [0, 0.1) is 0 Å². The number of nitrogens with one attached hydrogen (secondary N) is 1. The summed E-state index contributed by atoms with van der Waals surface area (Å²) in [6.07, 6.45) is 0.748. The second-order valence-corrected chi connectivity index (χ2v) is 4.35. The van der Waals surface area contributed by atoms with Gasteiger partial charge >= 0.3 is 0 Å². The number of nitrogens with two attached hydrogens (primary N) is 1. The molecule has 1 aromatic carbocycles. The van der Waals surface area contributed by atoms with Gasteiger partial charge in [0.15, 0.2) is 11.5 Å². The van der Waals surface area contributed by atoms with Crippen LogP contribution in [0.5, 0.6) is 11.5 Å². The molecule has 1 amide bonds. The number of rotatable bonds is 4. The van der Waals surface area contributed by atoms with E-state index in [0.29, 0.717) is 36.8 Å². The van der Waals surface area contributed by atoms with Gasteiger partial charge in [-0.15, -0.1) is 12.4 Å². The summed E-state index contributed by atoms with van der Waals surface area (Å²) in [4.78, 5) is 12.0. The van der Waals surface area contributed by atoms with E-state index in [1.807, 2.05) is 6.92 Å². The Hall–Kier alpha value is -1.46. The lowest BCUT2D eigenvalue weighted by atomic mass is 10.1. The van der Waals surface area contributed by atoms with Crippen molar-refractivity contribution in [2.24, 2.45) is 5.73 Å². The molecule has 0 bridgehead atoms. The molecule has 1 aromatic rings. The Morgan fingerprint density at radius 2 is 2.16 bits per heavy atom. The lowest BCUT2D eigenvalue weighted by molar-refractivity contribution is 0.0941. The molecular weight excluding hydrogens is 268 g/mol. The Morgan fingerprint density at radius 3 is 2.89 bits per heavy atom. The van der Waals surface area contributed by atoms with Crippen molar-refractivity contribution < 1.29 is 14.3 Å². The van der Waals surface area contributed by atoms with Gasteiger partial charge < -0.3 is 20.5 Å². The van der Waals surface area contributed by atoms with Crippen LogP contribution in [-0.2, 0) is 0 Å². The summed E-state index contributed by atoms with van der Waals surface area (Å²) >= 11 is 0. The average molecular weight is 287 g/mol. The van der Waals surface area contributed by atoms with Crippen LogP contribution in [0.15, 0.2) is 18.2 Å². The van der Waals surface area contributed by atoms with Crippen molar-refractivity contribution in [3.63, 3.8) is 0 Å². The van der Waals surface area contributed by atoms with Gasteiger partial charge in [-0.1, -0.05) is 6.07 Å². The molecule has 1 aliphatic rings. The average Bonchev–Trinajstić information content (AvgIpc) is 2.37. The quantitative estimate of drug-likeness (QED) is 0.876. The summed E-state index contributed by atoms with van der Waals surface area (Å²) in [7, 11) is 0. The normalized spacial score (nSPS) is 14.2. The number of amides is 1. The molecule has 0 radical (unpaired) electrons. The van der Waals surface area contributed by atoms with Crippen molar-refractivity contribution in [2.75, 3.05) is 19.8 Å². The van der Waals surface area contributed by atoms with E-state index >= 15 is 0 Å². The highest BCUT2D eigenvalue weighted by Gasteiger charge is 2.19. The van der Waals surface area contributed by atoms with E-state index in [2.05, 4.69) is 5.32 Å². The fourth-order valence-electron chi connectivity index (χ4n) is 1.76. The minimum absolute atomic E-state index is 0. The van der Waals surface area contributed by atoms with Gasteiger partial charge in [-0.3, -0.25) is 4.79 Å². The maximum absolute atomic E-state index is 12.0. The van der Waals surface area contributed by atoms with Crippen LogP contribution in [-0.4, -0.2) is 31.7 Å². The Balaban J connectivity index is 0.00000180. The molecule has 0 saturated heterocycles. The van der Waals surface area contributed by atoms with Gasteiger partial charge in [0.2, 0.25) is 0 Å². The number of benzene rings is 1. The van der Waals surface area contributed by atoms with Gasteiger partial charge in [-0.2, -0.15) is 0 Å². The summed E-state index contributed by atoms with van der Waals surface area (Å²) in [5.41, 5.74) is 6.14. The maximum Gasteiger partial charge on any atom is 0.255 e. The number of ether oxygens (including phenoxy) is 2. The van der Waals surface area contributed by atoms with E-state index in [0.717, 1.165) is 6.42 Å². The highest BCUT2D eigenvalue weighted by Crippen LogP contribution is 2.33. The molecule has 1 unspecified atom stereocenters. The van der Waals surface area contributed by atoms with Crippen molar-refractivity contribution in [1.29, 1.82) is 0 Å². The monoisotopic (exact) mass is 286 g/mol. The summed E-state index contributed by atoms with van der Waals surface area (Å²) < 4.78 is 10.9. The molecule has 1 aliphatic heterocycles. The molecule has 19 heavy (non-hydrogen) atoms. The van der Waals surface area contributed by atoms with Crippen LogP contribution in [0.3, 0.4) is 0 Å². The van der Waals surface area contributed by atoms with Crippen LogP contribution < -0.4 is 20.5 Å². The second kappa shape index (κ2) is 7.21. The van der Waals surface area contributed by atoms with Crippen molar-refractivity contribution in [3.8, 4) is 11.5 Å². The molecule has 2 rings (SSSR count). The number of hydrogen-bond donors (Lipinski definition) is 2. The number of hydrogen-bond acceptors (Lipinski definition) is 4. The summed E-state index contributed by atoms with van der Waals surface area (Å²) in [5.74, 6) is 1.00. The zero-order valence-corrected chi connectivity index (χ0v) is 11.7. The fraction of sp³-hybridized carbons (Fsp3) is 0.462. The lowest BCUT2D eigenvalue weighted by Crippen LogP contribution is -2.30. The molecule has 106 valence electrons. The highest BCUT2D eigenvalue weighted by molar-refractivity contribution is 5.97. The molecule has 0 saturated carbocycles. The molecule has 3 N–H and O–H groups in total. The molecule has 0 aromatic heterocycles. The predicted molar refractivity (Wildman–Crippen MR) is 75.3 cm³/mol. The van der Waals surface area contributed by atoms with E-state index in [1.165, 1.54) is 0 Å². The van der Waals surface area contributed by atoms with Gasteiger partial charge in [0.05, 0.1) is 5.56 Å². The standard InChI is InChI=1S/C13H18N2O3.ClH/c1-9(14)5-6-15-13(16)10-3-2-4-11-12(10)18-8-7-17-11;/h2-4,9H,5-8,14H2,1H3,(H,15,16);1H. The Morgan fingerprint density at radius 1 is 1.42 bits per heavy atom. The molecule has 0 spiro atoms. The number of para-hydroxylation sites is 1. The van der Waals surface area contributed by atoms with Gasteiger partial charge in [-0.05, 0) is 25.5 Å². The van der Waals surface area contributed by atoms with Crippen molar-refractivity contribution in [2.45, 2.75) is 19.4 Å². The van der Waals surface area contributed by atoms with E-state index in [-0.39, 0.29) is 24.4 Å². The minimum Gasteiger partial charge on any atom is -0.486 e. The first-order valence-electron chi connectivity index (χ1n) is 6.11. The summed E-state index contributed by atoms with van der Waals surface area (Å²) in [6.45, 7) is 3.45. The van der Waals surface area contributed by atoms with Gasteiger partial charge in [-0.25, -0.2) is 0 Å². The van der Waals surface area contributed by atoms with Crippen LogP contribution in [0.2, 0.25) is 0 Å². The van der Waals surface area contributed by atoms with E-state index < -0.39 is 0 Å². The van der Waals surface area contributed by atoms with E-state index in [9.17, 15) is 4.79 Å². The zero-order chi connectivity index (χ0) is 13.0. The molecule has 5 nitrogen and oxygen atoms in total. The van der Waals surface area contributed by atoms with Crippen LogP contribution >= 0.6 is 12.4 Å². The molecule has 0 aliphatic carbocycles. The molecule has 0 fully saturated rings. The first-order valence-corrected chi connectivity index (χ1v) is 6.11. The van der Waals surface area contributed by atoms with Gasteiger partial charge in [0.25, 0.3) is 5.91 Å². The Labute approximate surface area is 118 Å². The van der Waals surface area contributed by atoms with Crippen LogP contribution in [0.1, 0.15) is 23.7 Å². The number of fused-ring (bicyclic) bond motifs is 1. The van der Waals surface area contributed by atoms with E-state index in [1.54, 1.807) is 18.2 Å². The van der Waals surface area contributed by atoms with Crippen LogP contribution in [0.4, 0.5) is 0 Å². The smallest absolute Gasteiger partial charge is 0.255 e. The Kier molecular flexibility index (Phi) is 5.92. The fourth-order valence-corrected chi connectivity index (χ4v) is 1.76. The third kappa shape index (κ3) is 4.01. The van der Waals surface area contributed by atoms with E-state index in [4.69, 9.17) is 15.2 Å². The number of halogens is 1. The molecule has 6 heteroatoms. The first kappa shape index (κ1) is 15.6. The van der Waals surface area contributed by atoms with Gasteiger partial charge in [0, 0.05) is 12.6 Å². The largest absolute Gasteiger partial charge is 0.486 e. The minimum atomic E-state index is -0.155. The predicted octanol–water partition coefficient (Wildman–Crippen LogP) is 1.35. The zero-order valence-electron chi connectivity index (χ0n) is 10.8. The SMILES string of the molecule is CC(N)CCNC(=O)c1cccc2c1OCCO2.Cl. The second-order valence-electron chi connectivity index (χ2n) is 4.35. The van der Waals surface area contributed by atoms with Crippen molar-refractivity contribution >= 4 is 18.3 Å². The highest BCUT2D eigenvalue weighted by atomic mass is 35.5. The van der Waals surface area contributed by atoms with Crippen LogP contribution in [0.25, 0.3) is 0 Å². The lowest BCUT2D eigenvalue weighted by Gasteiger charge is -2.20. The molecule has 1 heterocycles. The summed E-state index contributed by atoms with van der Waals surface area (Å²) in [5, 5.41) is 2.83. The Bertz CT molecular complexity index is 438. The maximum atomic E-state index is 12.0. The first-order chi connectivity index (χ1) is 8.68. The number of carbonyl (C=O) groups excluding carboxylic acids is 1.